The Morgan fingerprint density at radius 3 is 2.42 bits per heavy atom. The molecular formula is C18H11BrN2O3S2. The lowest BCUT2D eigenvalue weighted by Crippen LogP contribution is -2.27. The van der Waals surface area contributed by atoms with Gasteiger partial charge in [0.25, 0.3) is 11.6 Å². The number of nitro groups is 1. The SMILES string of the molecule is O=C1/C(=C\C(Br)=C/c2ccccc2)SC(=S)N1c1ccc([N+](=O)[O-])cc1. The van der Waals surface area contributed by atoms with Crippen LogP contribution in [-0.2, 0) is 4.79 Å². The average Bonchev–Trinajstić information content (AvgIpc) is 2.89. The highest BCUT2D eigenvalue weighted by Crippen LogP contribution is 2.36. The molecule has 0 radical (unpaired) electrons. The molecule has 1 aliphatic heterocycles. The highest BCUT2D eigenvalue weighted by molar-refractivity contribution is 9.12. The molecule has 1 fully saturated rings. The molecule has 2 aromatic carbocycles. The average molecular weight is 447 g/mol. The lowest BCUT2D eigenvalue weighted by atomic mass is 10.2. The van der Waals surface area contributed by atoms with Gasteiger partial charge in [-0.15, -0.1) is 0 Å². The Morgan fingerprint density at radius 2 is 1.81 bits per heavy atom. The summed E-state index contributed by atoms with van der Waals surface area (Å²) in [5, 5.41) is 10.8. The van der Waals surface area contributed by atoms with Gasteiger partial charge in [-0.05, 0) is 29.8 Å². The number of non-ortho nitro benzene ring substituents is 1. The van der Waals surface area contributed by atoms with Gasteiger partial charge in [-0.2, -0.15) is 0 Å². The highest BCUT2D eigenvalue weighted by Gasteiger charge is 2.33. The molecule has 1 amide bonds. The van der Waals surface area contributed by atoms with Gasteiger partial charge in [-0.1, -0.05) is 70.2 Å². The van der Waals surface area contributed by atoms with Gasteiger partial charge in [0.2, 0.25) is 0 Å². The number of carbonyl (C=O) groups excluding carboxylic acids is 1. The summed E-state index contributed by atoms with van der Waals surface area (Å²) >= 11 is 9.95. The maximum absolute atomic E-state index is 12.7. The van der Waals surface area contributed by atoms with Gasteiger partial charge >= 0.3 is 0 Å². The van der Waals surface area contributed by atoms with E-state index in [9.17, 15) is 14.9 Å². The predicted octanol–water partition coefficient (Wildman–Crippen LogP) is 5.28. The van der Waals surface area contributed by atoms with E-state index in [1.54, 1.807) is 6.08 Å². The smallest absolute Gasteiger partial charge is 0.268 e. The van der Waals surface area contributed by atoms with Crippen molar-refractivity contribution in [3.05, 3.63) is 85.7 Å². The van der Waals surface area contributed by atoms with E-state index in [4.69, 9.17) is 12.2 Å². The molecule has 1 aliphatic rings. The maximum atomic E-state index is 12.7. The number of halogens is 1. The molecule has 0 aromatic heterocycles. The molecule has 2 aromatic rings. The number of amides is 1. The van der Waals surface area contributed by atoms with Gasteiger partial charge in [0.1, 0.15) is 0 Å². The van der Waals surface area contributed by atoms with Crippen LogP contribution in [-0.4, -0.2) is 15.2 Å². The van der Waals surface area contributed by atoms with E-state index in [-0.39, 0.29) is 11.6 Å². The van der Waals surface area contributed by atoms with Crippen LogP contribution in [0.4, 0.5) is 11.4 Å². The van der Waals surface area contributed by atoms with E-state index in [1.165, 1.54) is 40.9 Å². The second-order valence-electron chi connectivity index (χ2n) is 5.23. The fraction of sp³-hybridized carbons (Fsp3) is 0. The summed E-state index contributed by atoms with van der Waals surface area (Å²) < 4.78 is 1.13. The number of anilines is 1. The Kier molecular flexibility index (Phi) is 5.65. The van der Waals surface area contributed by atoms with Crippen LogP contribution in [0.3, 0.4) is 0 Å². The first-order chi connectivity index (χ1) is 12.5. The summed E-state index contributed by atoms with van der Waals surface area (Å²) in [7, 11) is 0. The summed E-state index contributed by atoms with van der Waals surface area (Å²) in [5.41, 5.74) is 1.47. The highest BCUT2D eigenvalue weighted by atomic mass is 79.9. The zero-order valence-corrected chi connectivity index (χ0v) is 16.4. The van der Waals surface area contributed by atoms with E-state index >= 15 is 0 Å². The Balaban J connectivity index is 1.84. The van der Waals surface area contributed by atoms with Crippen molar-refractivity contribution in [1.82, 2.24) is 0 Å². The van der Waals surface area contributed by atoms with Crippen LogP contribution in [0.15, 0.2) is 70.1 Å². The van der Waals surface area contributed by atoms with Crippen LogP contribution in [0.2, 0.25) is 0 Å². The number of nitro benzene ring substituents is 1. The standard InChI is InChI=1S/C18H11BrN2O3S2/c19-13(10-12-4-2-1-3-5-12)11-16-17(22)20(18(25)26-16)14-6-8-15(9-7-14)21(23)24/h1-11H/b13-10+,16-11+. The van der Waals surface area contributed by atoms with Crippen molar-refractivity contribution in [2.24, 2.45) is 0 Å². The van der Waals surface area contributed by atoms with Crippen LogP contribution in [0.1, 0.15) is 5.56 Å². The van der Waals surface area contributed by atoms with Gasteiger partial charge in [0.05, 0.1) is 15.5 Å². The third kappa shape index (κ3) is 4.09. The van der Waals surface area contributed by atoms with Crippen molar-refractivity contribution in [2.45, 2.75) is 0 Å². The Morgan fingerprint density at radius 1 is 1.15 bits per heavy atom. The molecule has 0 aliphatic carbocycles. The first-order valence-electron chi connectivity index (χ1n) is 7.40. The molecule has 130 valence electrons. The van der Waals surface area contributed by atoms with Gasteiger partial charge in [-0.3, -0.25) is 19.8 Å². The monoisotopic (exact) mass is 446 g/mol. The maximum Gasteiger partial charge on any atom is 0.270 e. The fourth-order valence-electron chi connectivity index (χ4n) is 2.29. The zero-order valence-electron chi connectivity index (χ0n) is 13.2. The topological polar surface area (TPSA) is 63.5 Å². The van der Waals surface area contributed by atoms with E-state index < -0.39 is 4.92 Å². The predicted molar refractivity (Wildman–Crippen MR) is 112 cm³/mol. The molecule has 1 saturated heterocycles. The van der Waals surface area contributed by atoms with Crippen LogP contribution < -0.4 is 4.90 Å². The summed E-state index contributed by atoms with van der Waals surface area (Å²) in [5.74, 6) is -0.257. The van der Waals surface area contributed by atoms with Crippen LogP contribution in [0.5, 0.6) is 0 Å². The molecule has 1 heterocycles. The Hall–Kier alpha value is -2.29. The molecule has 26 heavy (non-hydrogen) atoms. The van der Waals surface area contributed by atoms with Gasteiger partial charge in [0.15, 0.2) is 4.32 Å². The van der Waals surface area contributed by atoms with Crippen molar-refractivity contribution >= 4 is 67.6 Å². The normalized spacial score (nSPS) is 16.4. The van der Waals surface area contributed by atoms with Crippen LogP contribution >= 0.6 is 39.9 Å². The number of thioether (sulfide) groups is 1. The summed E-state index contributed by atoms with van der Waals surface area (Å²) in [6, 6.07) is 15.4. The lowest BCUT2D eigenvalue weighted by molar-refractivity contribution is -0.384. The first-order valence-corrected chi connectivity index (χ1v) is 9.42. The Bertz CT molecular complexity index is 941. The third-order valence-corrected chi connectivity index (χ3v) is 5.25. The minimum Gasteiger partial charge on any atom is -0.268 e. The molecule has 0 unspecified atom stereocenters. The van der Waals surface area contributed by atoms with Crippen molar-refractivity contribution in [2.75, 3.05) is 4.90 Å². The fourth-order valence-corrected chi connectivity index (χ4v) is 4.22. The first kappa shape index (κ1) is 18.5. The van der Waals surface area contributed by atoms with E-state index in [0.717, 1.165) is 10.0 Å². The number of thiocarbonyl (C=S) groups is 1. The number of carbonyl (C=O) groups is 1. The number of allylic oxidation sites excluding steroid dienone is 2. The van der Waals surface area contributed by atoms with Crippen molar-refractivity contribution < 1.29 is 9.72 Å². The quantitative estimate of drug-likeness (QED) is 0.276. The van der Waals surface area contributed by atoms with Gasteiger partial charge in [-0.25, -0.2) is 0 Å². The molecule has 0 spiro atoms. The lowest BCUT2D eigenvalue weighted by Gasteiger charge is -2.13. The van der Waals surface area contributed by atoms with Gasteiger partial charge < -0.3 is 0 Å². The molecule has 8 heteroatoms. The minimum atomic E-state index is -0.487. The van der Waals surface area contributed by atoms with E-state index in [2.05, 4.69) is 15.9 Å². The molecule has 0 saturated carbocycles. The molecule has 0 bridgehead atoms. The van der Waals surface area contributed by atoms with Crippen molar-refractivity contribution in [3.8, 4) is 0 Å². The molecule has 3 rings (SSSR count). The largest absolute Gasteiger partial charge is 0.270 e. The number of nitrogens with zero attached hydrogens (tertiary/aromatic N) is 2. The minimum absolute atomic E-state index is 0.0386. The summed E-state index contributed by atoms with van der Waals surface area (Å²) in [6.45, 7) is 0. The van der Waals surface area contributed by atoms with Crippen molar-refractivity contribution in [1.29, 1.82) is 0 Å². The number of hydrogen-bond donors (Lipinski definition) is 0. The van der Waals surface area contributed by atoms with Crippen molar-refractivity contribution in [3.63, 3.8) is 0 Å². The van der Waals surface area contributed by atoms with Gasteiger partial charge in [0, 0.05) is 16.6 Å². The molecule has 5 nitrogen and oxygen atoms in total. The third-order valence-electron chi connectivity index (χ3n) is 3.49. The van der Waals surface area contributed by atoms with Crippen LogP contribution in [0.25, 0.3) is 6.08 Å². The second-order valence-corrected chi connectivity index (χ2v) is 7.82. The number of benzene rings is 2. The number of rotatable bonds is 4. The molecule has 0 atom stereocenters. The van der Waals surface area contributed by atoms with E-state index in [1.807, 2.05) is 36.4 Å². The van der Waals surface area contributed by atoms with Crippen LogP contribution in [0, 0.1) is 10.1 Å². The molecular weight excluding hydrogens is 436 g/mol. The Labute approximate surface area is 167 Å². The summed E-state index contributed by atoms with van der Waals surface area (Å²) in [6.07, 6.45) is 3.62. The summed E-state index contributed by atoms with van der Waals surface area (Å²) in [4.78, 5) is 24.8. The molecule has 0 N–H and O–H groups in total. The number of hydrogen-bond acceptors (Lipinski definition) is 5. The second kappa shape index (κ2) is 7.94. The zero-order chi connectivity index (χ0) is 18.7. The van der Waals surface area contributed by atoms with E-state index in [0.29, 0.717) is 14.9 Å².